The Labute approximate surface area is 185 Å². The van der Waals surface area contributed by atoms with E-state index in [2.05, 4.69) is 9.88 Å². The van der Waals surface area contributed by atoms with Crippen molar-refractivity contribution in [1.82, 2.24) is 14.3 Å². The molecule has 1 aromatic heterocycles. The number of nitrogens with one attached hydrogen (secondary N) is 1. The third-order valence-corrected chi connectivity index (χ3v) is 5.67. The van der Waals surface area contributed by atoms with Crippen molar-refractivity contribution in [3.63, 3.8) is 0 Å². The average Bonchev–Trinajstić information content (AvgIpc) is 2.80. The summed E-state index contributed by atoms with van der Waals surface area (Å²) in [7, 11) is 1.52. The molecule has 1 aliphatic rings. The third kappa shape index (κ3) is 4.90. The van der Waals surface area contributed by atoms with Crippen LogP contribution in [0.3, 0.4) is 0 Å². The van der Waals surface area contributed by atoms with Crippen LogP contribution in [0.15, 0.2) is 53.5 Å². The zero-order valence-electron chi connectivity index (χ0n) is 17.3. The molecule has 0 unspecified atom stereocenters. The van der Waals surface area contributed by atoms with Gasteiger partial charge in [-0.25, -0.2) is 4.42 Å². The van der Waals surface area contributed by atoms with Crippen LogP contribution < -0.4 is 10.2 Å². The molecule has 1 fully saturated rings. The van der Waals surface area contributed by atoms with Gasteiger partial charge in [-0.05, 0) is 29.3 Å². The summed E-state index contributed by atoms with van der Waals surface area (Å²) in [5, 5.41) is 0.378. The molecule has 0 aliphatic carbocycles. The van der Waals surface area contributed by atoms with Gasteiger partial charge in [-0.1, -0.05) is 24.3 Å². The van der Waals surface area contributed by atoms with Gasteiger partial charge in [0.25, 0.3) is 5.91 Å². The van der Waals surface area contributed by atoms with Crippen LogP contribution in [0.5, 0.6) is 5.75 Å². The van der Waals surface area contributed by atoms with Crippen molar-refractivity contribution in [2.24, 2.45) is 0 Å². The van der Waals surface area contributed by atoms with E-state index in [1.807, 2.05) is 24.3 Å². The van der Waals surface area contributed by atoms with Crippen LogP contribution in [0.2, 0.25) is 0 Å². The van der Waals surface area contributed by atoms with Gasteiger partial charge in [0.05, 0.1) is 26.9 Å². The van der Waals surface area contributed by atoms with Crippen molar-refractivity contribution in [3.8, 4) is 5.75 Å². The molecule has 0 spiro atoms. The summed E-state index contributed by atoms with van der Waals surface area (Å²) in [6.45, 7) is 4.44. The van der Waals surface area contributed by atoms with Crippen molar-refractivity contribution in [1.29, 1.82) is 0 Å². The molecule has 31 heavy (non-hydrogen) atoms. The number of hydrogen-bond acceptors (Lipinski definition) is 5. The normalized spacial score (nSPS) is 14.5. The highest BCUT2D eigenvalue weighted by Gasteiger charge is 2.19. The number of amides is 1. The van der Waals surface area contributed by atoms with Gasteiger partial charge in [-0.2, -0.15) is 0 Å². The van der Waals surface area contributed by atoms with E-state index in [0.29, 0.717) is 16.7 Å². The fraction of sp³-hybridized carbons (Fsp3) is 0.304. The lowest BCUT2D eigenvalue weighted by atomic mass is 10.1. The highest BCUT2D eigenvalue weighted by molar-refractivity contribution is 6.24. The topological polar surface area (TPSA) is 74.9 Å². The molecule has 0 radical (unpaired) electrons. The molecular weight excluding hydrogens is 418 g/mol. The number of carbonyl (C=O) groups is 1. The third-order valence-electron chi connectivity index (χ3n) is 5.39. The van der Waals surface area contributed by atoms with E-state index in [1.54, 1.807) is 18.2 Å². The number of aromatic nitrogens is 1. The molecular formula is C23H24ClN3O4. The highest BCUT2D eigenvalue weighted by atomic mass is 35.5. The number of ether oxygens (including phenoxy) is 2. The van der Waals surface area contributed by atoms with Crippen LogP contribution in [-0.2, 0) is 17.8 Å². The Hall–Kier alpha value is -2.87. The Morgan fingerprint density at radius 2 is 1.87 bits per heavy atom. The minimum absolute atomic E-state index is 0.0142. The van der Waals surface area contributed by atoms with E-state index in [1.165, 1.54) is 18.9 Å². The number of carbonyl (C=O) groups excluding carboxylic acids is 1. The molecule has 4 rings (SSSR count). The quantitative estimate of drug-likeness (QED) is 0.595. The number of methoxy groups -OCH3 is 1. The largest absolute Gasteiger partial charge is 0.497 e. The lowest BCUT2D eigenvalue weighted by Crippen LogP contribution is -2.35. The fourth-order valence-corrected chi connectivity index (χ4v) is 3.84. The van der Waals surface area contributed by atoms with Crippen LogP contribution in [0.4, 0.5) is 0 Å². The monoisotopic (exact) mass is 441 g/mol. The second-order valence-electron chi connectivity index (χ2n) is 7.47. The summed E-state index contributed by atoms with van der Waals surface area (Å²) in [6.07, 6.45) is 1.40. The van der Waals surface area contributed by atoms with Crippen molar-refractivity contribution >= 4 is 28.6 Å². The SMILES string of the molecule is COc1ccc2[nH]cc(C(=O)N(Cl)Cc3ccc(CN4CCOCC4)cc3)c(=O)c2c1. The van der Waals surface area contributed by atoms with Crippen LogP contribution in [-0.4, -0.2) is 53.6 Å². The maximum absolute atomic E-state index is 12.8. The Morgan fingerprint density at radius 3 is 2.58 bits per heavy atom. The number of halogens is 1. The van der Waals surface area contributed by atoms with Crippen LogP contribution in [0, 0.1) is 0 Å². The van der Waals surface area contributed by atoms with Crippen molar-refractivity contribution < 1.29 is 14.3 Å². The van der Waals surface area contributed by atoms with E-state index in [-0.39, 0.29) is 17.5 Å². The van der Waals surface area contributed by atoms with Crippen LogP contribution >= 0.6 is 11.8 Å². The molecule has 1 saturated heterocycles. The predicted molar refractivity (Wildman–Crippen MR) is 119 cm³/mol. The van der Waals surface area contributed by atoms with E-state index in [9.17, 15) is 9.59 Å². The van der Waals surface area contributed by atoms with E-state index in [0.717, 1.165) is 42.8 Å². The summed E-state index contributed by atoms with van der Waals surface area (Å²) < 4.78 is 11.6. The van der Waals surface area contributed by atoms with Crippen LogP contribution in [0.25, 0.3) is 10.9 Å². The summed E-state index contributed by atoms with van der Waals surface area (Å²) in [4.78, 5) is 31.0. The van der Waals surface area contributed by atoms with Gasteiger partial charge >= 0.3 is 0 Å². The first-order chi connectivity index (χ1) is 15.0. The average molecular weight is 442 g/mol. The first-order valence-electron chi connectivity index (χ1n) is 10.1. The summed E-state index contributed by atoms with van der Waals surface area (Å²) >= 11 is 6.26. The summed E-state index contributed by atoms with van der Waals surface area (Å²) in [6, 6.07) is 13.1. The molecule has 1 N–H and O–H groups in total. The number of hydrogen-bond donors (Lipinski definition) is 1. The molecule has 1 aliphatic heterocycles. The van der Waals surface area contributed by atoms with Gasteiger partial charge in [0.1, 0.15) is 11.3 Å². The molecule has 0 bridgehead atoms. The molecule has 1 amide bonds. The zero-order valence-corrected chi connectivity index (χ0v) is 18.0. The summed E-state index contributed by atoms with van der Waals surface area (Å²) in [5.41, 5.74) is 2.30. The first-order valence-corrected chi connectivity index (χ1v) is 10.4. The number of nitrogens with zero attached hydrogens (tertiary/aromatic N) is 2. The lowest BCUT2D eigenvalue weighted by Gasteiger charge is -2.26. The number of benzene rings is 2. The minimum Gasteiger partial charge on any atom is -0.497 e. The number of morpholine rings is 1. The highest BCUT2D eigenvalue weighted by Crippen LogP contribution is 2.18. The maximum atomic E-state index is 12.8. The second-order valence-corrected chi connectivity index (χ2v) is 7.88. The molecule has 2 aromatic carbocycles. The predicted octanol–water partition coefficient (Wildman–Crippen LogP) is 3.17. The van der Waals surface area contributed by atoms with Gasteiger partial charge < -0.3 is 14.5 Å². The van der Waals surface area contributed by atoms with Crippen molar-refractivity contribution in [3.05, 3.63) is 75.6 Å². The number of pyridine rings is 1. The molecule has 8 heteroatoms. The van der Waals surface area contributed by atoms with Gasteiger partial charge in [-0.3, -0.25) is 14.5 Å². The fourth-order valence-electron chi connectivity index (χ4n) is 3.61. The lowest BCUT2D eigenvalue weighted by molar-refractivity contribution is 0.0342. The van der Waals surface area contributed by atoms with E-state index >= 15 is 0 Å². The van der Waals surface area contributed by atoms with Gasteiger partial charge in [0.15, 0.2) is 0 Å². The minimum atomic E-state index is -0.551. The smallest absolute Gasteiger partial charge is 0.274 e. The Kier molecular flexibility index (Phi) is 6.56. The number of fused-ring (bicyclic) bond motifs is 1. The molecule has 2 heterocycles. The Bertz CT molecular complexity index is 1120. The van der Waals surface area contributed by atoms with E-state index < -0.39 is 5.91 Å². The van der Waals surface area contributed by atoms with Gasteiger partial charge in [-0.15, -0.1) is 0 Å². The summed E-state index contributed by atoms with van der Waals surface area (Å²) in [5.74, 6) is -0.00692. The Morgan fingerprint density at radius 1 is 1.16 bits per heavy atom. The van der Waals surface area contributed by atoms with Crippen molar-refractivity contribution in [2.45, 2.75) is 13.1 Å². The molecule has 0 atom stereocenters. The van der Waals surface area contributed by atoms with E-state index in [4.69, 9.17) is 21.3 Å². The number of rotatable bonds is 6. The molecule has 3 aromatic rings. The second kappa shape index (κ2) is 9.51. The molecule has 0 saturated carbocycles. The maximum Gasteiger partial charge on any atom is 0.274 e. The van der Waals surface area contributed by atoms with Crippen molar-refractivity contribution in [2.75, 3.05) is 33.4 Å². The van der Waals surface area contributed by atoms with Gasteiger partial charge in [0, 0.05) is 48.5 Å². The number of H-pyrrole nitrogens is 1. The van der Waals surface area contributed by atoms with Gasteiger partial charge in [0.2, 0.25) is 5.43 Å². The molecule has 162 valence electrons. The zero-order chi connectivity index (χ0) is 21.8. The standard InChI is InChI=1S/C23H24ClN3O4/c1-30-18-6-7-21-19(12-18)22(28)20(13-25-21)23(29)27(24)15-17-4-2-16(3-5-17)14-26-8-10-31-11-9-26/h2-7,12-13H,8-11,14-15H2,1H3,(H,25,28). The Balaban J connectivity index is 1.45. The molecule has 7 nitrogen and oxygen atoms in total. The number of aromatic amines is 1. The first kappa shape index (κ1) is 21.4. The van der Waals surface area contributed by atoms with Crippen LogP contribution in [0.1, 0.15) is 21.5 Å².